The Labute approximate surface area is 121 Å². The lowest BCUT2D eigenvalue weighted by Gasteiger charge is -2.19. The summed E-state index contributed by atoms with van der Waals surface area (Å²) in [5, 5.41) is 12.5. The highest BCUT2D eigenvalue weighted by atomic mass is 16.3. The minimum absolute atomic E-state index is 0.0240. The zero-order valence-electron chi connectivity index (χ0n) is 12.4. The van der Waals surface area contributed by atoms with Crippen molar-refractivity contribution in [1.82, 2.24) is 5.32 Å². The highest BCUT2D eigenvalue weighted by molar-refractivity contribution is 5.75. The van der Waals surface area contributed by atoms with Gasteiger partial charge in [0.2, 0.25) is 5.91 Å². The maximum Gasteiger partial charge on any atom is 0.220 e. The highest BCUT2D eigenvalue weighted by Crippen LogP contribution is 2.20. The third-order valence-corrected chi connectivity index (χ3v) is 3.69. The third-order valence-electron chi connectivity index (χ3n) is 3.69. The van der Waals surface area contributed by atoms with Crippen LogP contribution in [0.2, 0.25) is 0 Å². The van der Waals surface area contributed by atoms with Gasteiger partial charge in [0.05, 0.1) is 0 Å². The van der Waals surface area contributed by atoms with E-state index >= 15 is 0 Å². The van der Waals surface area contributed by atoms with Crippen molar-refractivity contribution >= 4 is 5.91 Å². The van der Waals surface area contributed by atoms with Crippen molar-refractivity contribution in [2.75, 3.05) is 6.54 Å². The van der Waals surface area contributed by atoms with Gasteiger partial charge in [-0.15, -0.1) is 0 Å². The first-order chi connectivity index (χ1) is 9.54. The minimum atomic E-state index is 0.0240. The smallest absolute Gasteiger partial charge is 0.220 e. The molecular formula is C16H26N2O2. The van der Waals surface area contributed by atoms with E-state index in [9.17, 15) is 9.90 Å². The molecule has 1 rings (SSSR count). The van der Waals surface area contributed by atoms with E-state index in [-0.39, 0.29) is 11.7 Å². The van der Waals surface area contributed by atoms with Crippen LogP contribution in [0.4, 0.5) is 0 Å². The van der Waals surface area contributed by atoms with Crippen molar-refractivity contribution in [1.29, 1.82) is 0 Å². The van der Waals surface area contributed by atoms with Gasteiger partial charge in [0, 0.05) is 18.5 Å². The maximum atomic E-state index is 11.8. The number of aromatic hydroxyl groups is 1. The monoisotopic (exact) mass is 278 g/mol. The van der Waals surface area contributed by atoms with Crippen molar-refractivity contribution in [3.05, 3.63) is 29.8 Å². The van der Waals surface area contributed by atoms with E-state index in [2.05, 4.69) is 19.2 Å². The Kier molecular flexibility index (Phi) is 7.09. The van der Waals surface area contributed by atoms with Crippen molar-refractivity contribution in [3.8, 4) is 5.75 Å². The first kappa shape index (κ1) is 16.5. The van der Waals surface area contributed by atoms with Gasteiger partial charge >= 0.3 is 0 Å². The number of hydrogen-bond donors (Lipinski definition) is 3. The van der Waals surface area contributed by atoms with E-state index in [1.807, 2.05) is 6.07 Å². The third kappa shape index (κ3) is 5.61. The Morgan fingerprint density at radius 2 is 2.00 bits per heavy atom. The number of phenols is 1. The second-order valence-corrected chi connectivity index (χ2v) is 5.53. The van der Waals surface area contributed by atoms with Gasteiger partial charge in [-0.3, -0.25) is 4.79 Å². The van der Waals surface area contributed by atoms with Crippen LogP contribution < -0.4 is 11.1 Å². The molecule has 0 fully saturated rings. The van der Waals surface area contributed by atoms with Crippen LogP contribution in [-0.2, 0) is 11.3 Å². The second-order valence-electron chi connectivity index (χ2n) is 5.53. The van der Waals surface area contributed by atoms with Crippen molar-refractivity contribution < 1.29 is 9.90 Å². The topological polar surface area (TPSA) is 75.4 Å². The molecule has 1 aromatic rings. The number of para-hydroxylation sites is 1. The van der Waals surface area contributed by atoms with Crippen LogP contribution in [-0.4, -0.2) is 17.6 Å². The van der Waals surface area contributed by atoms with E-state index in [1.54, 1.807) is 18.2 Å². The van der Waals surface area contributed by atoms with Gasteiger partial charge in [0.1, 0.15) is 5.75 Å². The normalized spacial score (nSPS) is 12.4. The molecule has 1 unspecified atom stereocenters. The van der Waals surface area contributed by atoms with Crippen molar-refractivity contribution in [2.24, 2.45) is 17.6 Å². The molecule has 0 bridgehead atoms. The van der Waals surface area contributed by atoms with Crippen LogP contribution in [0.3, 0.4) is 0 Å². The summed E-state index contributed by atoms with van der Waals surface area (Å²) < 4.78 is 0. The largest absolute Gasteiger partial charge is 0.508 e. The Balaban J connectivity index is 2.35. The number of nitrogens with two attached hydrogens (primary N) is 1. The highest BCUT2D eigenvalue weighted by Gasteiger charge is 2.14. The molecule has 0 radical (unpaired) electrons. The molecule has 0 aliphatic carbocycles. The fourth-order valence-electron chi connectivity index (χ4n) is 2.28. The zero-order valence-corrected chi connectivity index (χ0v) is 12.4. The van der Waals surface area contributed by atoms with Gasteiger partial charge in [0.15, 0.2) is 0 Å². The van der Waals surface area contributed by atoms with Gasteiger partial charge in [-0.25, -0.2) is 0 Å². The molecule has 4 N–H and O–H groups in total. The lowest BCUT2D eigenvalue weighted by molar-refractivity contribution is -0.121. The lowest BCUT2D eigenvalue weighted by atomic mass is 9.88. The molecule has 0 saturated heterocycles. The molecule has 1 amide bonds. The summed E-state index contributed by atoms with van der Waals surface area (Å²) in [7, 11) is 0. The summed E-state index contributed by atoms with van der Waals surface area (Å²) in [6.07, 6.45) is 2.34. The van der Waals surface area contributed by atoms with Crippen LogP contribution in [0.1, 0.15) is 38.7 Å². The number of phenolic OH excluding ortho intramolecular Hbond substituents is 1. The van der Waals surface area contributed by atoms with E-state index in [0.717, 1.165) is 18.4 Å². The molecule has 1 atom stereocenters. The predicted molar refractivity (Wildman–Crippen MR) is 81.2 cm³/mol. The molecule has 0 aromatic heterocycles. The summed E-state index contributed by atoms with van der Waals surface area (Å²) in [6.45, 7) is 5.37. The molecular weight excluding hydrogens is 252 g/mol. The van der Waals surface area contributed by atoms with Gasteiger partial charge in [-0.2, -0.15) is 0 Å². The summed E-state index contributed by atoms with van der Waals surface area (Å²) in [5.41, 5.74) is 6.34. The van der Waals surface area contributed by atoms with Gasteiger partial charge < -0.3 is 16.2 Å². The number of amides is 1. The number of nitrogens with one attached hydrogen (secondary N) is 1. The number of rotatable bonds is 8. The van der Waals surface area contributed by atoms with Crippen molar-refractivity contribution in [3.63, 3.8) is 0 Å². The van der Waals surface area contributed by atoms with E-state index in [0.29, 0.717) is 31.3 Å². The molecule has 0 aliphatic heterocycles. The zero-order chi connectivity index (χ0) is 15.0. The molecule has 0 saturated carbocycles. The lowest BCUT2D eigenvalue weighted by Crippen LogP contribution is -2.24. The first-order valence-corrected chi connectivity index (χ1v) is 7.28. The molecule has 0 aliphatic rings. The van der Waals surface area contributed by atoms with Crippen LogP contribution in [0.5, 0.6) is 5.75 Å². The van der Waals surface area contributed by atoms with Gasteiger partial charge in [0.25, 0.3) is 0 Å². The van der Waals surface area contributed by atoms with Crippen LogP contribution >= 0.6 is 0 Å². The minimum Gasteiger partial charge on any atom is -0.508 e. The van der Waals surface area contributed by atoms with Gasteiger partial charge in [-0.05, 0) is 37.3 Å². The Morgan fingerprint density at radius 3 is 2.60 bits per heavy atom. The number of carbonyl (C=O) groups excluding carboxylic acids is 1. The molecule has 0 heterocycles. The fourth-order valence-corrected chi connectivity index (χ4v) is 2.28. The summed E-state index contributed by atoms with van der Waals surface area (Å²) >= 11 is 0. The van der Waals surface area contributed by atoms with E-state index < -0.39 is 0 Å². The fraction of sp³-hybridized carbons (Fsp3) is 0.562. The van der Waals surface area contributed by atoms with Crippen LogP contribution in [0.25, 0.3) is 0 Å². The van der Waals surface area contributed by atoms with Crippen molar-refractivity contribution in [2.45, 2.75) is 39.7 Å². The maximum absolute atomic E-state index is 11.8. The molecule has 4 nitrogen and oxygen atoms in total. The molecule has 4 heteroatoms. The second kappa shape index (κ2) is 8.59. The average Bonchev–Trinajstić information content (AvgIpc) is 2.42. The summed E-state index contributed by atoms with van der Waals surface area (Å²) in [4.78, 5) is 11.8. The first-order valence-electron chi connectivity index (χ1n) is 7.28. The average molecular weight is 278 g/mol. The number of carbonyl (C=O) groups is 1. The van der Waals surface area contributed by atoms with E-state index in [4.69, 9.17) is 5.73 Å². The summed E-state index contributed by atoms with van der Waals surface area (Å²) in [5.74, 6) is 1.28. The van der Waals surface area contributed by atoms with Crippen LogP contribution in [0.15, 0.2) is 24.3 Å². The van der Waals surface area contributed by atoms with Gasteiger partial charge in [-0.1, -0.05) is 32.0 Å². The number of hydrogen-bond acceptors (Lipinski definition) is 3. The molecule has 1 aromatic carbocycles. The molecule has 112 valence electrons. The molecule has 0 spiro atoms. The Hall–Kier alpha value is -1.55. The predicted octanol–water partition coefficient (Wildman–Crippen LogP) is 2.41. The Morgan fingerprint density at radius 1 is 1.30 bits per heavy atom. The molecule has 20 heavy (non-hydrogen) atoms. The van der Waals surface area contributed by atoms with E-state index in [1.165, 1.54) is 0 Å². The number of benzene rings is 1. The quantitative estimate of drug-likeness (QED) is 0.683. The standard InChI is InChI=1S/C16H26N2O2/c1-12(2)13(9-10-17)7-8-16(20)18-11-14-5-3-4-6-15(14)19/h3-6,12-13,19H,7-11,17H2,1-2H3,(H,18,20). The van der Waals surface area contributed by atoms with Crippen LogP contribution in [0, 0.1) is 11.8 Å². The summed E-state index contributed by atoms with van der Waals surface area (Å²) in [6, 6.07) is 7.04. The Bertz CT molecular complexity index is 419. The SMILES string of the molecule is CC(C)C(CCN)CCC(=O)NCc1ccccc1O.